The van der Waals surface area contributed by atoms with Crippen LogP contribution < -0.4 is 5.56 Å². The van der Waals surface area contributed by atoms with Crippen molar-refractivity contribution >= 4 is 10.1 Å². The van der Waals surface area contributed by atoms with Crippen molar-refractivity contribution < 1.29 is 19.4 Å². The van der Waals surface area contributed by atoms with Crippen molar-refractivity contribution in [3.63, 3.8) is 0 Å². The van der Waals surface area contributed by atoms with Gasteiger partial charge in [-0.3, -0.25) is 0 Å². The van der Waals surface area contributed by atoms with Crippen LogP contribution in [0.3, 0.4) is 0 Å². The number of nitrogens with zero attached hydrogens (tertiary/aromatic N) is 2. The molecule has 1 aromatic heterocycles. The molecular formula is C16H20N2OW. The molecule has 0 aliphatic heterocycles. The number of aryl methyl sites for hydroxylation is 1. The van der Waals surface area contributed by atoms with E-state index in [2.05, 4.69) is 11.6 Å². The van der Waals surface area contributed by atoms with Crippen LogP contribution in [0, 0.1) is 19.8 Å². The number of rotatable bonds is 5. The second kappa shape index (κ2) is 6.58. The maximum atomic E-state index is 12.6. The fourth-order valence-electron chi connectivity index (χ4n) is 2.41. The van der Waals surface area contributed by atoms with Gasteiger partial charge in [0.25, 0.3) is 0 Å². The van der Waals surface area contributed by atoms with Gasteiger partial charge in [-0.1, -0.05) is 0 Å². The van der Waals surface area contributed by atoms with Crippen LogP contribution in [-0.4, -0.2) is 14.0 Å². The third-order valence-electron chi connectivity index (χ3n) is 3.99. The number of allylic oxidation sites excluding steroid dienone is 3. The first-order valence-corrected chi connectivity index (χ1v) is 8.65. The minimum absolute atomic E-state index is 0.0532. The molecule has 1 fully saturated rings. The summed E-state index contributed by atoms with van der Waals surface area (Å²) in [6.45, 7) is 7.51. The van der Waals surface area contributed by atoms with Crippen molar-refractivity contribution in [2.24, 2.45) is 5.92 Å². The average Bonchev–Trinajstić information content (AvgIpc) is 2.38. The van der Waals surface area contributed by atoms with E-state index in [-0.39, 0.29) is 5.56 Å². The van der Waals surface area contributed by atoms with Crippen LogP contribution in [0.1, 0.15) is 36.3 Å². The zero-order chi connectivity index (χ0) is 14.7. The first-order valence-electron chi connectivity index (χ1n) is 6.96. The molecule has 1 aliphatic carbocycles. The normalized spacial score (nSPS) is 15.8. The maximum absolute atomic E-state index is 12.6. The molecule has 1 heterocycles. The molecular weight excluding hydrogens is 420 g/mol. The van der Waals surface area contributed by atoms with Crippen LogP contribution >= 0.6 is 0 Å². The molecule has 1 saturated carbocycles. The van der Waals surface area contributed by atoms with Crippen molar-refractivity contribution in [3.05, 3.63) is 46.2 Å². The summed E-state index contributed by atoms with van der Waals surface area (Å²) in [6.07, 6.45) is 8.32. The monoisotopic (exact) mass is 440 g/mol. The second-order valence-corrected chi connectivity index (χ2v) is 6.17. The topological polar surface area (TPSA) is 34.9 Å². The molecule has 0 aromatic carbocycles. The van der Waals surface area contributed by atoms with E-state index in [0.717, 1.165) is 29.2 Å². The van der Waals surface area contributed by atoms with Gasteiger partial charge in [-0.05, 0) is 0 Å². The van der Waals surface area contributed by atoms with Gasteiger partial charge in [-0.2, -0.15) is 0 Å². The van der Waals surface area contributed by atoms with Gasteiger partial charge in [0, 0.05) is 0 Å². The van der Waals surface area contributed by atoms with E-state index in [4.69, 9.17) is 0 Å². The van der Waals surface area contributed by atoms with Crippen LogP contribution in [0.5, 0.6) is 0 Å². The molecule has 3 nitrogen and oxygen atoms in total. The predicted octanol–water partition coefficient (Wildman–Crippen LogP) is 2.58. The Kier molecular flexibility index (Phi) is 5.04. The molecule has 0 N–H and O–H groups in total. The number of aromatic nitrogens is 2. The Morgan fingerprint density at radius 2 is 2.20 bits per heavy atom. The van der Waals surface area contributed by atoms with Crippen molar-refractivity contribution in [3.8, 4) is 0 Å². The van der Waals surface area contributed by atoms with Crippen LogP contribution in [0.2, 0.25) is 0 Å². The SMILES string of the molecule is C=C/C=C(\[CH]=[W])n1c(CC2CCC2)nc(C)c(C)c1=O. The van der Waals surface area contributed by atoms with E-state index in [1.165, 1.54) is 38.6 Å². The fourth-order valence-corrected chi connectivity index (χ4v) is 3.07. The Labute approximate surface area is 130 Å². The Hall–Kier alpha value is -1.08. The molecule has 0 unspecified atom stereocenters. The van der Waals surface area contributed by atoms with Gasteiger partial charge in [0.05, 0.1) is 0 Å². The molecule has 0 atom stereocenters. The van der Waals surface area contributed by atoms with Crippen LogP contribution in [0.25, 0.3) is 5.70 Å². The molecule has 0 radical (unpaired) electrons. The summed E-state index contributed by atoms with van der Waals surface area (Å²) in [4.78, 5) is 17.3. The molecule has 0 saturated heterocycles. The molecule has 1 aromatic rings. The minimum atomic E-state index is 0.0532. The van der Waals surface area contributed by atoms with Crippen molar-refractivity contribution in [1.82, 2.24) is 9.55 Å². The van der Waals surface area contributed by atoms with Gasteiger partial charge in [-0.25, -0.2) is 0 Å². The number of hydrogen-bond acceptors (Lipinski definition) is 2. The predicted molar refractivity (Wildman–Crippen MR) is 79.6 cm³/mol. The second-order valence-electron chi connectivity index (χ2n) is 5.33. The van der Waals surface area contributed by atoms with Gasteiger partial charge < -0.3 is 0 Å². The molecule has 106 valence electrons. The molecule has 4 heteroatoms. The first kappa shape index (κ1) is 15.3. The summed E-state index contributed by atoms with van der Waals surface area (Å²) < 4.78 is 3.79. The molecule has 2 rings (SSSR count). The van der Waals surface area contributed by atoms with Gasteiger partial charge in [0.2, 0.25) is 0 Å². The summed E-state index contributed by atoms with van der Waals surface area (Å²) in [5, 5.41) is 0. The molecule has 0 spiro atoms. The van der Waals surface area contributed by atoms with E-state index in [9.17, 15) is 4.79 Å². The fraction of sp³-hybridized carbons (Fsp3) is 0.438. The Bertz CT molecular complexity index is 624. The van der Waals surface area contributed by atoms with Gasteiger partial charge >= 0.3 is 131 Å². The third kappa shape index (κ3) is 2.98. The molecule has 1 aliphatic rings. The van der Waals surface area contributed by atoms with Crippen LogP contribution in [0.4, 0.5) is 0 Å². The van der Waals surface area contributed by atoms with Crippen molar-refractivity contribution in [2.45, 2.75) is 39.5 Å². The summed E-state index contributed by atoms with van der Waals surface area (Å²) >= 11 is 1.31. The standard InChI is InChI=1S/C16H20N2O.W/c1-5-7-11(2)18-15(10-14-8-6-9-14)17-13(4)12(3)16(18)19;/h2,5,7,14H,1,6,8-10H2,3-4H3;/b11-7+;. The van der Waals surface area contributed by atoms with Crippen LogP contribution in [-0.2, 0) is 25.8 Å². The quantitative estimate of drug-likeness (QED) is 0.661. The Morgan fingerprint density at radius 1 is 1.50 bits per heavy atom. The van der Waals surface area contributed by atoms with Gasteiger partial charge in [-0.15, -0.1) is 0 Å². The summed E-state index contributed by atoms with van der Waals surface area (Å²) in [6, 6.07) is 0. The summed E-state index contributed by atoms with van der Waals surface area (Å²) in [5.41, 5.74) is 2.53. The average molecular weight is 440 g/mol. The van der Waals surface area contributed by atoms with E-state index in [1.54, 1.807) is 10.6 Å². The zero-order valence-corrected chi connectivity index (χ0v) is 15.0. The summed E-state index contributed by atoms with van der Waals surface area (Å²) in [7, 11) is 0. The first-order chi connectivity index (χ1) is 9.58. The van der Waals surface area contributed by atoms with Gasteiger partial charge in [0.1, 0.15) is 0 Å². The molecule has 20 heavy (non-hydrogen) atoms. The molecule has 0 amide bonds. The van der Waals surface area contributed by atoms with E-state index in [1.807, 2.05) is 24.3 Å². The Morgan fingerprint density at radius 3 is 2.70 bits per heavy atom. The molecule has 0 bridgehead atoms. The van der Waals surface area contributed by atoms with E-state index >= 15 is 0 Å². The Balaban J connectivity index is 2.58. The third-order valence-corrected chi connectivity index (χ3v) is 4.85. The van der Waals surface area contributed by atoms with Crippen molar-refractivity contribution in [2.75, 3.05) is 0 Å². The number of hydrogen-bond donors (Lipinski definition) is 0. The van der Waals surface area contributed by atoms with Gasteiger partial charge in [0.15, 0.2) is 0 Å². The van der Waals surface area contributed by atoms with Crippen LogP contribution in [0.15, 0.2) is 23.5 Å². The van der Waals surface area contributed by atoms with Crippen molar-refractivity contribution in [1.29, 1.82) is 0 Å². The van der Waals surface area contributed by atoms with E-state index in [0.29, 0.717) is 5.92 Å². The van der Waals surface area contributed by atoms with E-state index < -0.39 is 0 Å². The zero-order valence-electron chi connectivity index (χ0n) is 12.1. The summed E-state index contributed by atoms with van der Waals surface area (Å²) in [5.74, 6) is 1.58.